The van der Waals surface area contributed by atoms with Crippen molar-refractivity contribution in [1.82, 2.24) is 0 Å². The molecule has 8 N–H and O–H groups in total. The molecule has 0 atom stereocenters. The topological polar surface area (TPSA) is 391 Å². The smallest absolute Gasteiger partial charge is 0.412 e. The van der Waals surface area contributed by atoms with Gasteiger partial charge < -0.3 is 83.2 Å². The van der Waals surface area contributed by atoms with E-state index in [0.29, 0.717) is 0 Å². The van der Waals surface area contributed by atoms with E-state index in [1.54, 1.807) is 0 Å². The van der Waals surface area contributed by atoms with Crippen molar-refractivity contribution in [2.75, 3.05) is 0 Å². The zero-order chi connectivity index (χ0) is 14.3. The van der Waals surface area contributed by atoms with Gasteiger partial charge in [0.1, 0.15) is 0 Å². The third-order valence-corrected chi connectivity index (χ3v) is 0. The number of rotatable bonds is 0. The summed E-state index contributed by atoms with van der Waals surface area (Å²) in [6.45, 7) is 0. The summed E-state index contributed by atoms with van der Waals surface area (Å²) in [5, 5.41) is 59.0. The van der Waals surface area contributed by atoms with Crippen molar-refractivity contribution in [2.24, 2.45) is 0 Å². The van der Waals surface area contributed by atoms with Gasteiger partial charge in [0, 0.05) is 0 Å². The molecule has 0 aliphatic rings. The molecule has 0 saturated heterocycles. The Hall–Kier alpha value is -0.841. The molecule has 0 fully saturated rings. The molecule has 0 aromatic rings. The summed E-state index contributed by atoms with van der Waals surface area (Å²) in [7, 11) is 0. The monoisotopic (exact) mass is 400 g/mol. The average molecular weight is 400 g/mol. The Balaban J connectivity index is -0.00000001000. The van der Waals surface area contributed by atoms with Gasteiger partial charge in [0.15, 0.2) is 0 Å². The van der Waals surface area contributed by atoms with Gasteiger partial charge >= 0.3 is 75.5 Å². The molecule has 0 aliphatic heterocycles. The minimum atomic E-state index is -1.75. The Morgan fingerprint density at radius 2 is 0.364 bits per heavy atom. The van der Waals surface area contributed by atoms with Gasteiger partial charge in [-0.15, -0.1) is 0 Å². The van der Waals surface area contributed by atoms with Gasteiger partial charge in [-0.1, -0.05) is 0 Å². The molecule has 0 bridgehead atoms. The van der Waals surface area contributed by atoms with Crippen molar-refractivity contribution in [2.45, 2.75) is 0 Å². The predicted octanol–water partition coefficient (Wildman–Crippen LogP) is -5.02. The van der Waals surface area contributed by atoms with Gasteiger partial charge in [-0.2, -0.15) is 0 Å². The molecule has 0 spiro atoms. The quantitative estimate of drug-likeness (QED) is 0.209. The Kier molecular flexibility index (Phi) is 187. The molecule has 0 amide bonds. The third-order valence-electron chi connectivity index (χ3n) is 0. The van der Waals surface area contributed by atoms with E-state index >= 15 is 0 Å². The minimum Gasteiger partial charge on any atom is -0.412 e. The summed E-state index contributed by atoms with van der Waals surface area (Å²) in [6, 6.07) is 0. The summed E-state index contributed by atoms with van der Waals surface area (Å²) in [5.41, 5.74) is 0. The van der Waals surface area contributed by atoms with Crippen LogP contribution in [0.3, 0.4) is 0 Å². The number of hydrogen-bond acceptors (Lipinski definition) is 12. The van der Waals surface area contributed by atoms with Crippen LogP contribution in [0, 0.1) is 61.3 Å². The Labute approximate surface area is 177 Å². The van der Waals surface area contributed by atoms with E-state index in [0.717, 1.165) is 0 Å². The van der Waals surface area contributed by atoms with Gasteiger partial charge in [-0.05, 0) is 0 Å². The van der Waals surface area contributed by atoms with Crippen molar-refractivity contribution >= 4 is 75.5 Å². The fourth-order valence-electron chi connectivity index (χ4n) is 0. The van der Waals surface area contributed by atoms with E-state index < -0.39 is 20.3 Å². The van der Waals surface area contributed by atoms with E-state index in [9.17, 15) is 0 Å². The molecular weight excluding hydrogens is 392 g/mol. The molecule has 0 heterocycles. The first-order valence-electron chi connectivity index (χ1n) is 2.19. The van der Waals surface area contributed by atoms with Crippen LogP contribution in [0.1, 0.15) is 0 Å². The first-order valence-corrected chi connectivity index (χ1v) is 2.19. The molecule has 22 heteroatoms. The second kappa shape index (κ2) is 59.4. The summed E-state index contributed by atoms with van der Waals surface area (Å²) >= 11 is 0. The molecule has 128 valence electrons. The van der Waals surface area contributed by atoms with E-state index in [4.69, 9.17) is 61.3 Å². The number of nitrogens with zero attached hydrogens (tertiary/aromatic N) is 4. The maximum atomic E-state index is 8.25. The molecule has 0 radical (unpaired) electrons. The SMILES string of the molecule is O.O.O.O.O=[N+]([O-])[O-].O=[N+]([O-])[O-].O=[N+]([O-])[O-].O=[N+]([O-])[O-].[Ca+2].[Ca+2]. The van der Waals surface area contributed by atoms with Crippen LogP contribution >= 0.6 is 0 Å². The van der Waals surface area contributed by atoms with Crippen molar-refractivity contribution < 1.29 is 42.3 Å². The van der Waals surface area contributed by atoms with Gasteiger partial charge in [0.2, 0.25) is 0 Å². The molecule has 0 aromatic heterocycles. The standard InChI is InChI=1S/2Ca.4NO3.4H2O/c;;4*2-1(3)4;;;;/h;;;;;;4*1H2/q2*+2;4*-1;;;;. The fourth-order valence-corrected chi connectivity index (χ4v) is 0. The maximum Gasteiger partial charge on any atom is 2.00 e. The van der Waals surface area contributed by atoms with Crippen molar-refractivity contribution in [1.29, 1.82) is 0 Å². The molecule has 0 rings (SSSR count). The average Bonchev–Trinajstić information content (AvgIpc) is 1.76. The van der Waals surface area contributed by atoms with Crippen LogP contribution in [0.5, 0.6) is 0 Å². The molecule has 0 saturated carbocycles. The zero-order valence-corrected chi connectivity index (χ0v) is 14.5. The van der Waals surface area contributed by atoms with Crippen molar-refractivity contribution in [3.8, 4) is 0 Å². The van der Waals surface area contributed by atoms with Crippen LogP contribution in [-0.4, -0.2) is 118 Å². The van der Waals surface area contributed by atoms with Gasteiger partial charge in [0.25, 0.3) is 0 Å². The van der Waals surface area contributed by atoms with Crippen LogP contribution in [0.15, 0.2) is 0 Å². The Bertz CT molecular complexity index is 164. The fraction of sp³-hybridized carbons (Fsp3) is 0. The van der Waals surface area contributed by atoms with E-state index in [1.807, 2.05) is 0 Å². The Morgan fingerprint density at radius 3 is 0.364 bits per heavy atom. The van der Waals surface area contributed by atoms with Crippen molar-refractivity contribution in [3.63, 3.8) is 0 Å². The minimum absolute atomic E-state index is 0. The first kappa shape index (κ1) is 69.1. The van der Waals surface area contributed by atoms with Crippen LogP contribution in [0.2, 0.25) is 0 Å². The largest absolute Gasteiger partial charge is 2.00 e. The molecule has 22 heavy (non-hydrogen) atoms. The van der Waals surface area contributed by atoms with Gasteiger partial charge in [0.05, 0.1) is 20.3 Å². The van der Waals surface area contributed by atoms with Gasteiger partial charge in [-0.3, -0.25) is 0 Å². The molecule has 0 aliphatic carbocycles. The second-order valence-electron chi connectivity index (χ2n) is 0.894. The van der Waals surface area contributed by atoms with E-state index in [-0.39, 0.29) is 97.4 Å². The molecule has 20 nitrogen and oxygen atoms in total. The van der Waals surface area contributed by atoms with E-state index in [2.05, 4.69) is 0 Å². The predicted molar refractivity (Wildman–Crippen MR) is 67.4 cm³/mol. The van der Waals surface area contributed by atoms with Crippen LogP contribution in [0.25, 0.3) is 0 Å². The van der Waals surface area contributed by atoms with E-state index in [1.165, 1.54) is 0 Å². The molecule has 0 aromatic carbocycles. The van der Waals surface area contributed by atoms with Crippen LogP contribution in [-0.2, 0) is 0 Å². The van der Waals surface area contributed by atoms with Gasteiger partial charge in [-0.25, -0.2) is 0 Å². The normalized spacial score (nSPS) is 4.36. The van der Waals surface area contributed by atoms with Crippen LogP contribution < -0.4 is 0 Å². The van der Waals surface area contributed by atoms with Crippen molar-refractivity contribution in [3.05, 3.63) is 61.3 Å². The third kappa shape index (κ3) is 8940. The maximum absolute atomic E-state index is 8.25. The summed E-state index contributed by atoms with van der Waals surface area (Å²) in [4.78, 5) is 33.0. The second-order valence-corrected chi connectivity index (χ2v) is 0.894. The summed E-state index contributed by atoms with van der Waals surface area (Å²) in [5.74, 6) is 0. The Morgan fingerprint density at radius 1 is 0.364 bits per heavy atom. The van der Waals surface area contributed by atoms with Crippen LogP contribution in [0.4, 0.5) is 0 Å². The first-order chi connectivity index (χ1) is 6.93. The summed E-state index contributed by atoms with van der Waals surface area (Å²) < 4.78 is 0. The zero-order valence-electron chi connectivity index (χ0n) is 10.1. The molecular formula is H8Ca2N4O16. The summed E-state index contributed by atoms with van der Waals surface area (Å²) in [6.07, 6.45) is 0. The molecule has 0 unspecified atom stereocenters. The number of hydrogen-bond donors (Lipinski definition) is 0.